The Hall–Kier alpha value is -1.72. The summed E-state index contributed by atoms with van der Waals surface area (Å²) in [5.41, 5.74) is 6.60. The van der Waals surface area contributed by atoms with Gasteiger partial charge in [-0.2, -0.15) is 13.2 Å². The molecule has 23 heavy (non-hydrogen) atoms. The lowest BCUT2D eigenvalue weighted by molar-refractivity contribution is -0.137. The Labute approximate surface area is 138 Å². The van der Waals surface area contributed by atoms with E-state index in [1.54, 1.807) is 18.2 Å². The molecule has 0 amide bonds. The van der Waals surface area contributed by atoms with Gasteiger partial charge in [-0.15, -0.1) is 0 Å². The molecule has 0 aliphatic rings. The van der Waals surface area contributed by atoms with Crippen LogP contribution in [0.2, 0.25) is 5.02 Å². The van der Waals surface area contributed by atoms with Crippen molar-refractivity contribution in [3.8, 4) is 5.75 Å². The Bertz CT molecular complexity index is 673. The van der Waals surface area contributed by atoms with E-state index < -0.39 is 11.7 Å². The Kier molecular flexibility index (Phi) is 5.55. The number of ether oxygens (including phenoxy) is 1. The van der Waals surface area contributed by atoms with E-state index in [4.69, 9.17) is 22.1 Å². The fraction of sp³-hybridized carbons (Fsp3) is 0.294. The smallest absolute Gasteiger partial charge is 0.416 e. The average molecular weight is 344 g/mol. The van der Waals surface area contributed by atoms with Crippen LogP contribution >= 0.6 is 11.6 Å². The Morgan fingerprint density at radius 3 is 2.48 bits per heavy atom. The number of hydrogen-bond acceptors (Lipinski definition) is 2. The van der Waals surface area contributed by atoms with Gasteiger partial charge in [0.05, 0.1) is 17.7 Å². The SMILES string of the molecule is COc1ccc(C(CN)Cc2cccc(C(F)(F)F)c2)cc1Cl. The molecule has 6 heteroatoms. The van der Waals surface area contributed by atoms with Gasteiger partial charge >= 0.3 is 6.18 Å². The van der Waals surface area contributed by atoms with E-state index in [0.717, 1.165) is 17.7 Å². The van der Waals surface area contributed by atoms with Crippen LogP contribution in [0, 0.1) is 0 Å². The fourth-order valence-corrected chi connectivity index (χ4v) is 2.70. The average Bonchev–Trinajstić information content (AvgIpc) is 2.52. The zero-order valence-electron chi connectivity index (χ0n) is 12.5. The van der Waals surface area contributed by atoms with Gasteiger partial charge in [0.1, 0.15) is 5.75 Å². The molecule has 2 rings (SSSR count). The number of hydrogen-bond donors (Lipinski definition) is 1. The van der Waals surface area contributed by atoms with Gasteiger partial charge in [-0.1, -0.05) is 35.9 Å². The third-order valence-electron chi connectivity index (χ3n) is 3.67. The summed E-state index contributed by atoms with van der Waals surface area (Å²) in [6.45, 7) is 0.304. The first-order valence-corrected chi connectivity index (χ1v) is 7.42. The van der Waals surface area contributed by atoms with Gasteiger partial charge in [0.2, 0.25) is 0 Å². The summed E-state index contributed by atoms with van der Waals surface area (Å²) < 4.78 is 43.5. The second-order valence-electron chi connectivity index (χ2n) is 5.23. The van der Waals surface area contributed by atoms with Gasteiger partial charge in [0.25, 0.3) is 0 Å². The van der Waals surface area contributed by atoms with Gasteiger partial charge in [0.15, 0.2) is 0 Å². The van der Waals surface area contributed by atoms with Gasteiger partial charge in [-0.3, -0.25) is 0 Å². The lowest BCUT2D eigenvalue weighted by atomic mass is 9.91. The van der Waals surface area contributed by atoms with Crippen molar-refractivity contribution in [2.45, 2.75) is 18.5 Å². The standard InChI is InChI=1S/C17H17ClF3NO/c1-23-16-6-5-12(9-15(16)18)13(10-22)7-11-3-2-4-14(8-11)17(19,20)21/h2-6,8-9,13H,7,10,22H2,1H3. The number of methoxy groups -OCH3 is 1. The zero-order valence-corrected chi connectivity index (χ0v) is 13.3. The zero-order chi connectivity index (χ0) is 17.0. The molecular formula is C17H17ClF3NO. The van der Waals surface area contributed by atoms with E-state index in [1.165, 1.54) is 13.2 Å². The minimum Gasteiger partial charge on any atom is -0.495 e. The number of rotatable bonds is 5. The topological polar surface area (TPSA) is 35.2 Å². The summed E-state index contributed by atoms with van der Waals surface area (Å²) in [5, 5.41) is 0.451. The Balaban J connectivity index is 2.24. The van der Waals surface area contributed by atoms with Crippen LogP contribution in [0.1, 0.15) is 22.6 Å². The fourth-order valence-electron chi connectivity index (χ4n) is 2.43. The largest absolute Gasteiger partial charge is 0.495 e. The van der Waals surface area contributed by atoms with E-state index in [1.807, 2.05) is 6.07 Å². The highest BCUT2D eigenvalue weighted by Gasteiger charge is 2.30. The molecular weight excluding hydrogens is 327 g/mol. The van der Waals surface area contributed by atoms with E-state index in [0.29, 0.717) is 29.3 Å². The van der Waals surface area contributed by atoms with E-state index in [9.17, 15) is 13.2 Å². The van der Waals surface area contributed by atoms with E-state index in [2.05, 4.69) is 0 Å². The molecule has 0 aliphatic heterocycles. The third kappa shape index (κ3) is 4.39. The molecule has 0 saturated carbocycles. The maximum Gasteiger partial charge on any atom is 0.416 e. The highest BCUT2D eigenvalue weighted by atomic mass is 35.5. The number of nitrogens with two attached hydrogens (primary N) is 1. The quantitative estimate of drug-likeness (QED) is 0.857. The summed E-state index contributed by atoms with van der Waals surface area (Å²) in [7, 11) is 1.52. The summed E-state index contributed by atoms with van der Waals surface area (Å²) >= 11 is 6.10. The molecule has 0 saturated heterocycles. The lowest BCUT2D eigenvalue weighted by Crippen LogP contribution is -2.15. The minimum atomic E-state index is -4.35. The predicted octanol–water partition coefficient (Wildman–Crippen LogP) is 4.65. The monoisotopic (exact) mass is 343 g/mol. The number of benzene rings is 2. The highest BCUT2D eigenvalue weighted by Crippen LogP contribution is 2.32. The molecule has 0 fully saturated rings. The van der Waals surface area contributed by atoms with Crippen molar-refractivity contribution >= 4 is 11.6 Å². The first-order chi connectivity index (χ1) is 10.8. The van der Waals surface area contributed by atoms with Crippen LogP contribution in [0.5, 0.6) is 5.75 Å². The second kappa shape index (κ2) is 7.23. The molecule has 124 valence electrons. The maximum atomic E-state index is 12.8. The van der Waals surface area contributed by atoms with Crippen molar-refractivity contribution in [3.63, 3.8) is 0 Å². The molecule has 2 aromatic rings. The maximum absolute atomic E-state index is 12.8. The van der Waals surface area contributed by atoms with Crippen LogP contribution in [-0.4, -0.2) is 13.7 Å². The molecule has 0 spiro atoms. The first-order valence-electron chi connectivity index (χ1n) is 7.04. The van der Waals surface area contributed by atoms with Crippen LogP contribution in [-0.2, 0) is 12.6 Å². The molecule has 2 N–H and O–H groups in total. The van der Waals surface area contributed by atoms with Crippen LogP contribution in [0.25, 0.3) is 0 Å². The lowest BCUT2D eigenvalue weighted by Gasteiger charge is -2.17. The number of halogens is 4. The van der Waals surface area contributed by atoms with E-state index >= 15 is 0 Å². The summed E-state index contributed by atoms with van der Waals surface area (Å²) in [4.78, 5) is 0. The molecule has 0 aliphatic carbocycles. The van der Waals surface area contributed by atoms with Crippen LogP contribution in [0.15, 0.2) is 42.5 Å². The van der Waals surface area contributed by atoms with Crippen molar-refractivity contribution < 1.29 is 17.9 Å². The first kappa shape index (κ1) is 17.6. The van der Waals surface area contributed by atoms with Crippen molar-refractivity contribution in [2.75, 3.05) is 13.7 Å². The van der Waals surface area contributed by atoms with Crippen molar-refractivity contribution in [2.24, 2.45) is 5.73 Å². The van der Waals surface area contributed by atoms with Gasteiger partial charge in [-0.05, 0) is 42.3 Å². The highest BCUT2D eigenvalue weighted by molar-refractivity contribution is 6.32. The predicted molar refractivity (Wildman–Crippen MR) is 84.9 cm³/mol. The van der Waals surface area contributed by atoms with Gasteiger partial charge < -0.3 is 10.5 Å². The van der Waals surface area contributed by atoms with E-state index in [-0.39, 0.29) is 5.92 Å². The Morgan fingerprint density at radius 2 is 1.91 bits per heavy atom. The molecule has 2 aromatic carbocycles. The van der Waals surface area contributed by atoms with Crippen molar-refractivity contribution in [1.82, 2.24) is 0 Å². The second-order valence-corrected chi connectivity index (χ2v) is 5.64. The summed E-state index contributed by atoms with van der Waals surface area (Å²) in [5.74, 6) is 0.423. The summed E-state index contributed by atoms with van der Waals surface area (Å²) in [6, 6.07) is 10.6. The van der Waals surface area contributed by atoms with Gasteiger partial charge in [-0.25, -0.2) is 0 Å². The normalized spacial score (nSPS) is 13.0. The molecule has 2 nitrogen and oxygen atoms in total. The van der Waals surface area contributed by atoms with Crippen LogP contribution < -0.4 is 10.5 Å². The molecule has 0 bridgehead atoms. The molecule has 1 atom stereocenters. The van der Waals surface area contributed by atoms with Crippen LogP contribution in [0.3, 0.4) is 0 Å². The minimum absolute atomic E-state index is 0.123. The van der Waals surface area contributed by atoms with Crippen molar-refractivity contribution in [3.05, 3.63) is 64.2 Å². The van der Waals surface area contributed by atoms with Crippen molar-refractivity contribution in [1.29, 1.82) is 0 Å². The third-order valence-corrected chi connectivity index (χ3v) is 3.96. The molecule has 0 radical (unpaired) electrons. The molecule has 1 unspecified atom stereocenters. The molecule has 0 aromatic heterocycles. The number of alkyl halides is 3. The van der Waals surface area contributed by atoms with Gasteiger partial charge in [0, 0.05) is 5.92 Å². The molecule has 0 heterocycles. The summed E-state index contributed by atoms with van der Waals surface area (Å²) in [6.07, 6.45) is -3.94. The van der Waals surface area contributed by atoms with Crippen LogP contribution in [0.4, 0.5) is 13.2 Å². The Morgan fingerprint density at radius 1 is 1.17 bits per heavy atom.